The molecular weight excluding hydrogens is 463 g/mol. The normalized spacial score (nSPS) is 17.0. The lowest BCUT2D eigenvalue weighted by molar-refractivity contribution is 0.155. The Labute approximate surface area is 175 Å². The van der Waals surface area contributed by atoms with Gasteiger partial charge in [-0.05, 0) is 30.5 Å². The lowest BCUT2D eigenvalue weighted by atomic mass is 10.3. The van der Waals surface area contributed by atoms with E-state index in [1.165, 1.54) is 4.88 Å². The Hall–Kier alpha value is -1.10. The average molecular weight is 490 g/mol. The van der Waals surface area contributed by atoms with Gasteiger partial charge in [0.05, 0.1) is 12.8 Å². The molecule has 0 bridgehead atoms. The van der Waals surface area contributed by atoms with E-state index in [4.69, 9.17) is 4.42 Å². The summed E-state index contributed by atoms with van der Waals surface area (Å²) in [5.74, 6) is 1.42. The van der Waals surface area contributed by atoms with Crippen molar-refractivity contribution in [2.24, 2.45) is 4.99 Å². The van der Waals surface area contributed by atoms with Crippen LogP contribution in [0, 0.1) is 0 Å². The first-order valence-corrected chi connectivity index (χ1v) is 9.63. The molecule has 0 amide bonds. The first kappa shape index (κ1) is 21.2. The first-order chi connectivity index (χ1) is 12.3. The van der Waals surface area contributed by atoms with E-state index in [-0.39, 0.29) is 24.0 Å². The molecule has 1 fully saturated rings. The Balaban J connectivity index is 0.00000243. The number of hydrogen-bond acceptors (Lipinski definition) is 5. The summed E-state index contributed by atoms with van der Waals surface area (Å²) in [5.41, 5.74) is 0. The molecule has 2 aromatic heterocycles. The van der Waals surface area contributed by atoms with E-state index < -0.39 is 6.10 Å². The second-order valence-corrected chi connectivity index (χ2v) is 7.10. The van der Waals surface area contributed by atoms with E-state index in [1.807, 2.05) is 11.3 Å². The highest BCUT2D eigenvalue weighted by atomic mass is 127. The predicted molar refractivity (Wildman–Crippen MR) is 116 cm³/mol. The third-order valence-electron chi connectivity index (χ3n) is 4.25. The highest BCUT2D eigenvalue weighted by Gasteiger charge is 2.20. The predicted octanol–water partition coefficient (Wildman–Crippen LogP) is 2.78. The molecule has 0 saturated carbocycles. The fraction of sp³-hybridized carbons (Fsp3) is 0.500. The number of aliphatic hydroxyl groups excluding tert-OH is 1. The van der Waals surface area contributed by atoms with E-state index in [2.05, 4.69) is 44.5 Å². The number of thiophene rings is 1. The molecule has 26 heavy (non-hydrogen) atoms. The number of piperazine rings is 1. The van der Waals surface area contributed by atoms with Gasteiger partial charge in [0, 0.05) is 44.1 Å². The van der Waals surface area contributed by atoms with Crippen molar-refractivity contribution >= 4 is 41.3 Å². The fourth-order valence-corrected chi connectivity index (χ4v) is 3.66. The molecule has 1 unspecified atom stereocenters. The molecule has 1 saturated heterocycles. The van der Waals surface area contributed by atoms with E-state index in [0.29, 0.717) is 12.3 Å². The molecule has 3 heterocycles. The van der Waals surface area contributed by atoms with Gasteiger partial charge in [-0.15, -0.1) is 35.3 Å². The number of aliphatic imine (C=N–C) groups is 1. The standard InChI is InChI=1S/C18H26N4O2S.HI/c1-2-19-18(20-13-16(23)17-6-3-11-24-17)22-9-7-21(8-10-22)14-15-5-4-12-25-15;/h3-6,11-12,16,23H,2,7-10,13-14H2,1H3,(H,19,20);1H. The maximum Gasteiger partial charge on any atom is 0.194 e. The van der Waals surface area contributed by atoms with Gasteiger partial charge in [-0.3, -0.25) is 4.90 Å². The molecule has 1 aliphatic heterocycles. The van der Waals surface area contributed by atoms with Crippen LogP contribution in [0.2, 0.25) is 0 Å². The fourth-order valence-electron chi connectivity index (χ4n) is 2.91. The lowest BCUT2D eigenvalue weighted by Crippen LogP contribution is -2.52. The van der Waals surface area contributed by atoms with Crippen LogP contribution in [0.3, 0.4) is 0 Å². The Morgan fingerprint density at radius 1 is 1.31 bits per heavy atom. The maximum absolute atomic E-state index is 10.2. The Kier molecular flexibility index (Phi) is 8.89. The number of nitrogens with one attached hydrogen (secondary N) is 1. The summed E-state index contributed by atoms with van der Waals surface area (Å²) >= 11 is 1.81. The van der Waals surface area contributed by atoms with E-state index in [0.717, 1.165) is 45.2 Å². The Morgan fingerprint density at radius 3 is 2.73 bits per heavy atom. The van der Waals surface area contributed by atoms with Crippen molar-refractivity contribution in [1.29, 1.82) is 0 Å². The monoisotopic (exact) mass is 490 g/mol. The van der Waals surface area contributed by atoms with Crippen LogP contribution in [0.15, 0.2) is 45.3 Å². The summed E-state index contributed by atoms with van der Waals surface area (Å²) in [6.07, 6.45) is 0.865. The minimum absolute atomic E-state index is 0. The van der Waals surface area contributed by atoms with Gasteiger partial charge < -0.3 is 19.7 Å². The van der Waals surface area contributed by atoms with Gasteiger partial charge in [0.1, 0.15) is 11.9 Å². The van der Waals surface area contributed by atoms with Crippen molar-refractivity contribution in [3.63, 3.8) is 0 Å². The van der Waals surface area contributed by atoms with Gasteiger partial charge in [0.25, 0.3) is 0 Å². The van der Waals surface area contributed by atoms with Crippen LogP contribution < -0.4 is 5.32 Å². The minimum atomic E-state index is -0.705. The van der Waals surface area contributed by atoms with Crippen molar-refractivity contribution in [3.8, 4) is 0 Å². The number of nitrogens with zero attached hydrogens (tertiary/aromatic N) is 3. The highest BCUT2D eigenvalue weighted by Crippen LogP contribution is 2.15. The van der Waals surface area contributed by atoms with Gasteiger partial charge in [0.15, 0.2) is 5.96 Å². The highest BCUT2D eigenvalue weighted by molar-refractivity contribution is 14.0. The zero-order chi connectivity index (χ0) is 17.5. The molecule has 144 valence electrons. The quantitative estimate of drug-likeness (QED) is 0.371. The molecular formula is C18H27IN4O2S. The van der Waals surface area contributed by atoms with Crippen molar-refractivity contribution in [1.82, 2.24) is 15.1 Å². The summed E-state index contributed by atoms with van der Waals surface area (Å²) in [4.78, 5) is 10.8. The van der Waals surface area contributed by atoms with Crippen LogP contribution in [-0.4, -0.2) is 60.1 Å². The zero-order valence-corrected chi connectivity index (χ0v) is 18.2. The largest absolute Gasteiger partial charge is 0.467 e. The summed E-state index contributed by atoms with van der Waals surface area (Å²) < 4.78 is 5.24. The van der Waals surface area contributed by atoms with Crippen LogP contribution in [0.25, 0.3) is 0 Å². The first-order valence-electron chi connectivity index (χ1n) is 8.75. The topological polar surface area (TPSA) is 64.2 Å². The van der Waals surface area contributed by atoms with Crippen molar-refractivity contribution in [2.45, 2.75) is 19.6 Å². The van der Waals surface area contributed by atoms with E-state index in [9.17, 15) is 5.11 Å². The van der Waals surface area contributed by atoms with Gasteiger partial charge in [-0.25, -0.2) is 4.99 Å². The van der Waals surface area contributed by atoms with Crippen LogP contribution in [0.4, 0.5) is 0 Å². The van der Waals surface area contributed by atoms with Crippen LogP contribution in [0.1, 0.15) is 23.7 Å². The number of halogens is 1. The van der Waals surface area contributed by atoms with Gasteiger partial charge in [-0.2, -0.15) is 0 Å². The summed E-state index contributed by atoms with van der Waals surface area (Å²) in [6, 6.07) is 7.85. The van der Waals surface area contributed by atoms with Gasteiger partial charge in [0.2, 0.25) is 0 Å². The summed E-state index contributed by atoms with van der Waals surface area (Å²) in [7, 11) is 0. The Bertz CT molecular complexity index is 640. The third-order valence-corrected chi connectivity index (χ3v) is 5.11. The second kappa shape index (κ2) is 10.9. The average Bonchev–Trinajstić information content (AvgIpc) is 3.33. The minimum Gasteiger partial charge on any atom is -0.467 e. The van der Waals surface area contributed by atoms with Crippen molar-refractivity contribution < 1.29 is 9.52 Å². The smallest absolute Gasteiger partial charge is 0.194 e. The van der Waals surface area contributed by atoms with Crippen LogP contribution in [-0.2, 0) is 6.54 Å². The number of furan rings is 1. The molecule has 0 aliphatic carbocycles. The van der Waals surface area contributed by atoms with Gasteiger partial charge in [-0.1, -0.05) is 6.07 Å². The lowest BCUT2D eigenvalue weighted by Gasteiger charge is -2.36. The van der Waals surface area contributed by atoms with E-state index >= 15 is 0 Å². The Morgan fingerprint density at radius 2 is 2.12 bits per heavy atom. The molecule has 3 rings (SSSR count). The van der Waals surface area contributed by atoms with Crippen LogP contribution in [0.5, 0.6) is 0 Å². The van der Waals surface area contributed by atoms with E-state index in [1.54, 1.807) is 18.4 Å². The molecule has 8 heteroatoms. The summed E-state index contributed by atoms with van der Waals surface area (Å²) in [5, 5.41) is 15.6. The van der Waals surface area contributed by atoms with Crippen molar-refractivity contribution in [2.75, 3.05) is 39.3 Å². The van der Waals surface area contributed by atoms with Gasteiger partial charge >= 0.3 is 0 Å². The molecule has 1 aliphatic rings. The van der Waals surface area contributed by atoms with Crippen LogP contribution >= 0.6 is 35.3 Å². The number of aliphatic hydroxyl groups is 1. The SMILES string of the molecule is CCNC(=NCC(O)c1ccco1)N1CCN(Cc2cccs2)CC1.I. The third kappa shape index (κ3) is 5.97. The van der Waals surface area contributed by atoms with Crippen molar-refractivity contribution in [3.05, 3.63) is 46.5 Å². The maximum atomic E-state index is 10.2. The molecule has 0 aromatic carbocycles. The molecule has 0 spiro atoms. The number of rotatable bonds is 6. The molecule has 2 aromatic rings. The zero-order valence-electron chi connectivity index (χ0n) is 15.0. The number of guanidine groups is 1. The second-order valence-electron chi connectivity index (χ2n) is 6.07. The number of hydrogen-bond donors (Lipinski definition) is 2. The molecule has 2 N–H and O–H groups in total. The molecule has 6 nitrogen and oxygen atoms in total. The summed E-state index contributed by atoms with van der Waals surface area (Å²) in [6.45, 7) is 8.10. The molecule has 1 atom stereocenters. The molecule has 0 radical (unpaired) electrons.